The topological polar surface area (TPSA) is 62.3 Å². The second kappa shape index (κ2) is 7.54. The van der Waals surface area contributed by atoms with Gasteiger partial charge in [0.2, 0.25) is 11.8 Å². The van der Waals surface area contributed by atoms with E-state index in [0.29, 0.717) is 6.54 Å². The molecule has 120 valence electrons. The van der Waals surface area contributed by atoms with Crippen LogP contribution in [0.3, 0.4) is 0 Å². The van der Waals surface area contributed by atoms with Crippen LogP contribution in [0.25, 0.3) is 0 Å². The molecule has 0 aliphatic carbocycles. The molecule has 0 fully saturated rings. The summed E-state index contributed by atoms with van der Waals surface area (Å²) in [6, 6.07) is 9.54. The van der Waals surface area contributed by atoms with Crippen molar-refractivity contribution in [3.8, 4) is 0 Å². The van der Waals surface area contributed by atoms with Crippen LogP contribution in [0, 0.1) is 13.8 Å². The number of aromatic nitrogens is 1. The molecule has 0 spiro atoms. The zero-order valence-electron chi connectivity index (χ0n) is 13.7. The maximum Gasteiger partial charge on any atom is 0.244 e. The van der Waals surface area contributed by atoms with E-state index in [-0.39, 0.29) is 18.4 Å². The second-order valence-corrected chi connectivity index (χ2v) is 5.66. The van der Waals surface area contributed by atoms with Gasteiger partial charge in [0.25, 0.3) is 0 Å². The van der Waals surface area contributed by atoms with Crippen LogP contribution in [0.1, 0.15) is 23.6 Å². The van der Waals surface area contributed by atoms with Crippen LogP contribution in [0.15, 0.2) is 42.7 Å². The number of hydrogen-bond donors (Lipinski definition) is 1. The van der Waals surface area contributed by atoms with Crippen molar-refractivity contribution >= 4 is 17.5 Å². The molecule has 0 unspecified atom stereocenters. The number of rotatable bonds is 5. The second-order valence-electron chi connectivity index (χ2n) is 5.66. The molecule has 23 heavy (non-hydrogen) atoms. The summed E-state index contributed by atoms with van der Waals surface area (Å²) in [5.41, 5.74) is 3.80. The van der Waals surface area contributed by atoms with Crippen LogP contribution in [0.2, 0.25) is 0 Å². The summed E-state index contributed by atoms with van der Waals surface area (Å²) >= 11 is 0. The molecule has 0 saturated heterocycles. The largest absolute Gasteiger partial charge is 0.329 e. The van der Waals surface area contributed by atoms with Crippen LogP contribution in [0.5, 0.6) is 0 Å². The van der Waals surface area contributed by atoms with Gasteiger partial charge < -0.3 is 10.2 Å². The summed E-state index contributed by atoms with van der Waals surface area (Å²) < 4.78 is 0. The first-order valence-electron chi connectivity index (χ1n) is 7.46. The number of nitrogens with one attached hydrogen (secondary N) is 1. The molecule has 1 N–H and O–H groups in total. The molecule has 0 radical (unpaired) electrons. The predicted octanol–water partition coefficient (Wildman–Crippen LogP) is 2.69. The minimum atomic E-state index is -0.214. The SMILES string of the molecule is CC(=O)N(CC(=O)Nc1cc(C)cc(C)c1)Cc1cccnc1. The smallest absolute Gasteiger partial charge is 0.244 e. The molecule has 2 aromatic rings. The predicted molar refractivity (Wildman–Crippen MR) is 89.9 cm³/mol. The molecular formula is C18H21N3O2. The Hall–Kier alpha value is -2.69. The van der Waals surface area contributed by atoms with E-state index in [4.69, 9.17) is 0 Å². The fraction of sp³-hybridized carbons (Fsp3) is 0.278. The minimum absolute atomic E-state index is 0.0111. The van der Waals surface area contributed by atoms with Gasteiger partial charge in [-0.05, 0) is 48.7 Å². The van der Waals surface area contributed by atoms with Gasteiger partial charge in [-0.3, -0.25) is 14.6 Å². The Morgan fingerprint density at radius 2 is 1.87 bits per heavy atom. The number of nitrogens with zero attached hydrogens (tertiary/aromatic N) is 2. The van der Waals surface area contributed by atoms with Gasteiger partial charge in [0.1, 0.15) is 6.54 Å². The fourth-order valence-electron chi connectivity index (χ4n) is 2.41. The highest BCUT2D eigenvalue weighted by molar-refractivity contribution is 5.94. The zero-order valence-corrected chi connectivity index (χ0v) is 13.7. The third-order valence-corrected chi connectivity index (χ3v) is 3.38. The van der Waals surface area contributed by atoms with E-state index < -0.39 is 0 Å². The van der Waals surface area contributed by atoms with Gasteiger partial charge in [-0.1, -0.05) is 12.1 Å². The van der Waals surface area contributed by atoms with Crippen molar-refractivity contribution in [3.05, 3.63) is 59.4 Å². The fourth-order valence-corrected chi connectivity index (χ4v) is 2.41. The molecule has 0 aliphatic heterocycles. The molecule has 1 aromatic carbocycles. The molecule has 5 nitrogen and oxygen atoms in total. The highest BCUT2D eigenvalue weighted by Crippen LogP contribution is 2.14. The molecule has 2 rings (SSSR count). The van der Waals surface area contributed by atoms with E-state index in [1.54, 1.807) is 12.4 Å². The normalized spacial score (nSPS) is 10.2. The Bertz CT molecular complexity index is 678. The van der Waals surface area contributed by atoms with E-state index in [9.17, 15) is 9.59 Å². The number of pyridine rings is 1. The Morgan fingerprint density at radius 3 is 2.43 bits per heavy atom. The van der Waals surface area contributed by atoms with Crippen molar-refractivity contribution in [2.24, 2.45) is 0 Å². The van der Waals surface area contributed by atoms with E-state index in [2.05, 4.69) is 10.3 Å². The van der Waals surface area contributed by atoms with Gasteiger partial charge in [-0.25, -0.2) is 0 Å². The molecule has 5 heteroatoms. The summed E-state index contributed by atoms with van der Waals surface area (Å²) in [6.07, 6.45) is 3.37. The number of benzene rings is 1. The van der Waals surface area contributed by atoms with Crippen molar-refractivity contribution in [3.63, 3.8) is 0 Å². The molecule has 1 aromatic heterocycles. The van der Waals surface area contributed by atoms with Crippen LogP contribution < -0.4 is 5.32 Å². The average Bonchev–Trinajstić information content (AvgIpc) is 2.46. The van der Waals surface area contributed by atoms with Crippen molar-refractivity contribution in [1.82, 2.24) is 9.88 Å². The maximum atomic E-state index is 12.2. The lowest BCUT2D eigenvalue weighted by atomic mass is 10.1. The maximum absolute atomic E-state index is 12.2. The standard InChI is InChI=1S/C18H21N3O2/c1-13-7-14(2)9-17(8-13)20-18(23)12-21(15(3)22)11-16-5-4-6-19-10-16/h4-10H,11-12H2,1-3H3,(H,20,23). The van der Waals surface area contributed by atoms with E-state index in [1.807, 2.05) is 44.2 Å². The summed E-state index contributed by atoms with van der Waals surface area (Å²) in [6.45, 7) is 5.79. The Kier molecular flexibility index (Phi) is 5.46. The Labute approximate surface area is 136 Å². The summed E-state index contributed by atoms with van der Waals surface area (Å²) in [4.78, 5) is 29.5. The van der Waals surface area contributed by atoms with Crippen LogP contribution in [-0.4, -0.2) is 28.2 Å². The minimum Gasteiger partial charge on any atom is -0.329 e. The van der Waals surface area contributed by atoms with Gasteiger partial charge in [-0.15, -0.1) is 0 Å². The van der Waals surface area contributed by atoms with Gasteiger partial charge in [0.15, 0.2) is 0 Å². The van der Waals surface area contributed by atoms with E-state index in [1.165, 1.54) is 11.8 Å². The van der Waals surface area contributed by atoms with Crippen molar-refractivity contribution in [2.75, 3.05) is 11.9 Å². The number of aryl methyl sites for hydroxylation is 2. The molecule has 1 heterocycles. The van der Waals surface area contributed by atoms with Gasteiger partial charge >= 0.3 is 0 Å². The zero-order chi connectivity index (χ0) is 16.8. The number of hydrogen-bond acceptors (Lipinski definition) is 3. The quantitative estimate of drug-likeness (QED) is 0.923. The molecular weight excluding hydrogens is 290 g/mol. The lowest BCUT2D eigenvalue weighted by molar-refractivity contribution is -0.133. The highest BCUT2D eigenvalue weighted by Gasteiger charge is 2.14. The first kappa shape index (κ1) is 16.7. The van der Waals surface area contributed by atoms with Crippen molar-refractivity contribution in [1.29, 1.82) is 0 Å². The molecule has 0 aliphatic rings. The van der Waals surface area contributed by atoms with Gasteiger partial charge in [0, 0.05) is 31.5 Å². The van der Waals surface area contributed by atoms with Crippen molar-refractivity contribution < 1.29 is 9.59 Å². The summed E-state index contributed by atoms with van der Waals surface area (Å²) in [5, 5.41) is 2.85. The van der Waals surface area contributed by atoms with Crippen LogP contribution in [0.4, 0.5) is 5.69 Å². The number of anilines is 1. The molecule has 0 saturated carbocycles. The van der Waals surface area contributed by atoms with Gasteiger partial charge in [-0.2, -0.15) is 0 Å². The Morgan fingerprint density at radius 1 is 1.17 bits per heavy atom. The molecule has 0 atom stereocenters. The highest BCUT2D eigenvalue weighted by atomic mass is 16.2. The lowest BCUT2D eigenvalue weighted by Crippen LogP contribution is -2.36. The number of carbonyl (C=O) groups excluding carboxylic acids is 2. The lowest BCUT2D eigenvalue weighted by Gasteiger charge is -2.20. The van der Waals surface area contributed by atoms with Gasteiger partial charge in [0.05, 0.1) is 0 Å². The number of carbonyl (C=O) groups is 2. The van der Waals surface area contributed by atoms with Crippen LogP contribution >= 0.6 is 0 Å². The van der Waals surface area contributed by atoms with E-state index in [0.717, 1.165) is 22.4 Å². The summed E-state index contributed by atoms with van der Waals surface area (Å²) in [7, 11) is 0. The Balaban J connectivity index is 2.02. The first-order valence-corrected chi connectivity index (χ1v) is 7.46. The molecule has 0 bridgehead atoms. The monoisotopic (exact) mass is 311 g/mol. The average molecular weight is 311 g/mol. The first-order chi connectivity index (χ1) is 10.9. The van der Waals surface area contributed by atoms with Crippen molar-refractivity contribution in [2.45, 2.75) is 27.3 Å². The third-order valence-electron chi connectivity index (χ3n) is 3.38. The van der Waals surface area contributed by atoms with E-state index >= 15 is 0 Å². The summed E-state index contributed by atoms with van der Waals surface area (Å²) in [5.74, 6) is -0.362. The van der Waals surface area contributed by atoms with Crippen LogP contribution in [-0.2, 0) is 16.1 Å². The number of amides is 2. The third kappa shape index (κ3) is 5.21. The molecule has 2 amide bonds.